The fraction of sp³-hybridized carbons (Fsp3) is 0.458. The second-order valence-corrected chi connectivity index (χ2v) is 8.72. The van der Waals surface area contributed by atoms with E-state index in [1.54, 1.807) is 36.0 Å². The molecule has 1 fully saturated rings. The summed E-state index contributed by atoms with van der Waals surface area (Å²) in [5.74, 6) is -1.07. The maximum absolute atomic E-state index is 14.0. The fourth-order valence-electron chi connectivity index (χ4n) is 4.80. The number of benzene rings is 1. The lowest BCUT2D eigenvalue weighted by molar-refractivity contribution is -0.136. The van der Waals surface area contributed by atoms with Crippen molar-refractivity contribution in [2.45, 2.75) is 38.4 Å². The van der Waals surface area contributed by atoms with Gasteiger partial charge < -0.3 is 30.2 Å². The number of halogens is 1. The first-order valence-electron chi connectivity index (χ1n) is 11.3. The molecule has 2 aliphatic heterocycles. The number of aromatic amines is 1. The van der Waals surface area contributed by atoms with E-state index in [1.165, 1.54) is 26.2 Å². The number of hydrogen-bond donors (Lipinski definition) is 3. The second kappa shape index (κ2) is 9.55. The molecule has 1 saturated heterocycles. The van der Waals surface area contributed by atoms with E-state index in [1.807, 2.05) is 0 Å². The number of nitrogens with zero attached hydrogens (tertiary/aromatic N) is 2. The third-order valence-electron chi connectivity index (χ3n) is 6.66. The molecule has 3 atom stereocenters. The van der Waals surface area contributed by atoms with Gasteiger partial charge >= 0.3 is 0 Å². The van der Waals surface area contributed by atoms with Crippen LogP contribution in [0.1, 0.15) is 25.8 Å². The third-order valence-corrected chi connectivity index (χ3v) is 6.66. The van der Waals surface area contributed by atoms with Gasteiger partial charge in [0.1, 0.15) is 11.9 Å². The predicted molar refractivity (Wildman–Crippen MR) is 125 cm³/mol. The van der Waals surface area contributed by atoms with Crippen LogP contribution in [0.3, 0.4) is 0 Å². The molecule has 0 aliphatic carbocycles. The Kier molecular flexibility index (Phi) is 6.72. The largest absolute Gasteiger partial charge is 0.382 e. The first kappa shape index (κ1) is 23.9. The number of likely N-dealkylation sites (N-methyl/N-ethyl adjacent to an activating group) is 1. The van der Waals surface area contributed by atoms with E-state index >= 15 is 0 Å². The second-order valence-electron chi connectivity index (χ2n) is 8.72. The number of hydrogen-bond acceptors (Lipinski definition) is 5. The monoisotopic (exact) mass is 471 g/mol. The number of methoxy groups -OCH3 is 1. The summed E-state index contributed by atoms with van der Waals surface area (Å²) in [7, 11) is 3.14. The number of likely N-dealkylation sites (tertiary alicyclic amines) is 1. The van der Waals surface area contributed by atoms with Crippen LogP contribution in [0.2, 0.25) is 0 Å². The summed E-state index contributed by atoms with van der Waals surface area (Å²) in [6, 6.07) is 2.88. The van der Waals surface area contributed by atoms with Gasteiger partial charge in [0.2, 0.25) is 11.8 Å². The van der Waals surface area contributed by atoms with E-state index in [0.29, 0.717) is 24.9 Å². The average Bonchev–Trinajstić information content (AvgIpc) is 3.51. The normalized spacial score (nSPS) is 19.5. The number of ether oxygens (including phenoxy) is 1. The number of H-pyrrole nitrogens is 1. The van der Waals surface area contributed by atoms with Crippen LogP contribution in [-0.4, -0.2) is 84.5 Å². The molecule has 2 aromatic rings. The van der Waals surface area contributed by atoms with Crippen molar-refractivity contribution in [1.29, 1.82) is 0 Å². The molecule has 0 bridgehead atoms. The highest BCUT2D eigenvalue weighted by molar-refractivity contribution is 5.98. The van der Waals surface area contributed by atoms with Crippen molar-refractivity contribution in [1.82, 2.24) is 25.4 Å². The van der Waals surface area contributed by atoms with E-state index in [4.69, 9.17) is 4.74 Å². The first-order valence-corrected chi connectivity index (χ1v) is 11.3. The Morgan fingerprint density at radius 3 is 2.76 bits per heavy atom. The number of amides is 3. The number of carbonyl (C=O) groups excluding carboxylic acids is 3. The Labute approximate surface area is 197 Å². The number of fused-ring (bicyclic) bond motifs is 2. The summed E-state index contributed by atoms with van der Waals surface area (Å²) in [6.07, 6.45) is 2.37. The van der Waals surface area contributed by atoms with Crippen molar-refractivity contribution in [3.63, 3.8) is 0 Å². The molecule has 0 spiro atoms. The molecule has 9 nitrogen and oxygen atoms in total. The van der Waals surface area contributed by atoms with Gasteiger partial charge in [-0.3, -0.25) is 14.4 Å². The number of aromatic nitrogens is 1. The zero-order chi connectivity index (χ0) is 24.6. The van der Waals surface area contributed by atoms with E-state index in [2.05, 4.69) is 15.6 Å². The molecular weight excluding hydrogens is 441 g/mol. The summed E-state index contributed by atoms with van der Waals surface area (Å²) in [5.41, 5.74) is 3.05. The lowest BCUT2D eigenvalue weighted by Gasteiger charge is -2.27. The van der Waals surface area contributed by atoms with Crippen molar-refractivity contribution in [3.05, 3.63) is 41.5 Å². The molecule has 34 heavy (non-hydrogen) atoms. The van der Waals surface area contributed by atoms with Crippen molar-refractivity contribution in [2.75, 3.05) is 33.9 Å². The molecule has 2 aliphatic rings. The Balaban J connectivity index is 1.74. The summed E-state index contributed by atoms with van der Waals surface area (Å²) in [4.78, 5) is 45.1. The highest BCUT2D eigenvalue weighted by Crippen LogP contribution is 2.42. The highest BCUT2D eigenvalue weighted by Gasteiger charge is 2.45. The molecular formula is C24H30FN5O4. The minimum absolute atomic E-state index is 0.0134. The quantitative estimate of drug-likeness (QED) is 0.563. The minimum atomic E-state index is -0.882. The lowest BCUT2D eigenvalue weighted by Crippen LogP contribution is -2.53. The zero-order valence-electron chi connectivity index (χ0n) is 19.8. The molecule has 10 heteroatoms. The van der Waals surface area contributed by atoms with Crippen LogP contribution in [0.25, 0.3) is 16.5 Å². The van der Waals surface area contributed by atoms with Crippen molar-refractivity contribution in [2.24, 2.45) is 0 Å². The fourth-order valence-corrected chi connectivity index (χ4v) is 4.80. The Bertz CT molecular complexity index is 1160. The van der Waals surface area contributed by atoms with Gasteiger partial charge in [-0.1, -0.05) is 0 Å². The van der Waals surface area contributed by atoms with Gasteiger partial charge in [-0.25, -0.2) is 4.39 Å². The number of rotatable bonds is 7. The van der Waals surface area contributed by atoms with Crippen LogP contribution in [0.15, 0.2) is 30.1 Å². The molecule has 182 valence electrons. The topological polar surface area (TPSA) is 107 Å². The summed E-state index contributed by atoms with van der Waals surface area (Å²) >= 11 is 0. The van der Waals surface area contributed by atoms with Crippen LogP contribution in [-0.2, 0) is 19.1 Å². The molecule has 3 unspecified atom stereocenters. The SMILES string of the molecule is CNC(C)C(=O)NC(COC)C(=O)N1CCC2C1=C(c1c[nH]c3ccc(F)cc13)CN2C(C)=O. The molecule has 3 amide bonds. The molecule has 3 N–H and O–H groups in total. The van der Waals surface area contributed by atoms with Crippen molar-refractivity contribution in [3.8, 4) is 0 Å². The molecule has 1 aromatic carbocycles. The van der Waals surface area contributed by atoms with Crippen LogP contribution in [0, 0.1) is 5.82 Å². The van der Waals surface area contributed by atoms with Crippen LogP contribution >= 0.6 is 0 Å². The first-order chi connectivity index (χ1) is 16.3. The Hall–Kier alpha value is -3.24. The maximum atomic E-state index is 14.0. The Morgan fingerprint density at radius 1 is 1.32 bits per heavy atom. The maximum Gasteiger partial charge on any atom is 0.251 e. The molecule has 0 saturated carbocycles. The van der Waals surface area contributed by atoms with Gasteiger partial charge in [0, 0.05) is 61.1 Å². The van der Waals surface area contributed by atoms with Crippen molar-refractivity contribution < 1.29 is 23.5 Å². The van der Waals surface area contributed by atoms with Gasteiger partial charge in [0.05, 0.1) is 18.7 Å². The summed E-state index contributed by atoms with van der Waals surface area (Å²) in [5, 5.41) is 6.32. The molecule has 3 heterocycles. The molecule has 4 rings (SSSR count). The predicted octanol–water partition coefficient (Wildman–Crippen LogP) is 1.22. The van der Waals surface area contributed by atoms with Gasteiger partial charge in [0.25, 0.3) is 5.91 Å². The third kappa shape index (κ3) is 4.19. The summed E-state index contributed by atoms with van der Waals surface area (Å²) in [6.45, 7) is 3.95. The van der Waals surface area contributed by atoms with Crippen molar-refractivity contribution >= 4 is 34.2 Å². The van der Waals surface area contributed by atoms with E-state index < -0.39 is 12.1 Å². The van der Waals surface area contributed by atoms with E-state index in [-0.39, 0.29) is 36.2 Å². The van der Waals surface area contributed by atoms with Gasteiger partial charge in [-0.05, 0) is 38.6 Å². The average molecular weight is 472 g/mol. The van der Waals surface area contributed by atoms with Crippen LogP contribution in [0.5, 0.6) is 0 Å². The number of carbonyl (C=O) groups is 3. The Morgan fingerprint density at radius 2 is 2.09 bits per heavy atom. The van der Waals surface area contributed by atoms with E-state index in [9.17, 15) is 18.8 Å². The minimum Gasteiger partial charge on any atom is -0.382 e. The van der Waals surface area contributed by atoms with Crippen LogP contribution < -0.4 is 10.6 Å². The lowest BCUT2D eigenvalue weighted by atomic mass is 10.0. The summed E-state index contributed by atoms with van der Waals surface area (Å²) < 4.78 is 19.3. The van der Waals surface area contributed by atoms with Crippen LogP contribution in [0.4, 0.5) is 4.39 Å². The zero-order valence-corrected chi connectivity index (χ0v) is 19.8. The van der Waals surface area contributed by atoms with Gasteiger partial charge in [-0.2, -0.15) is 0 Å². The number of nitrogens with one attached hydrogen (secondary N) is 3. The standard InChI is InChI=1S/C24H30FN5O4/c1-13(26-3)23(32)28-20(12-34-4)24(33)29-8-7-21-22(29)18(11-30(21)14(2)31)17-10-27-19-6-5-15(25)9-16(17)19/h5-6,9-10,13,20-21,26-27H,7-8,11-12H2,1-4H3,(H,28,32). The van der Waals surface area contributed by atoms with Gasteiger partial charge in [0.15, 0.2) is 0 Å². The smallest absolute Gasteiger partial charge is 0.251 e. The molecule has 1 aromatic heterocycles. The van der Waals surface area contributed by atoms with Gasteiger partial charge in [-0.15, -0.1) is 0 Å². The van der Waals surface area contributed by atoms with E-state index in [0.717, 1.165) is 22.4 Å². The molecule has 0 radical (unpaired) electrons. The highest BCUT2D eigenvalue weighted by atomic mass is 19.1.